The Bertz CT molecular complexity index is 2040. The maximum Gasteiger partial charge on any atom is 0.348 e. The Kier molecular flexibility index (Phi) is 19.4. The molecule has 0 aliphatic heterocycles. The Labute approximate surface area is 360 Å². The van der Waals surface area contributed by atoms with Crippen LogP contribution in [-0.4, -0.2) is 61.8 Å². The summed E-state index contributed by atoms with van der Waals surface area (Å²) in [5.41, 5.74) is 32.1. The molecule has 0 saturated carbocycles. The number of nitrogens with two attached hydrogens (primary N) is 4. The van der Waals surface area contributed by atoms with Crippen LogP contribution in [0.15, 0.2) is 121 Å². The Balaban J connectivity index is 0.000000231. The highest BCUT2D eigenvalue weighted by atomic mass is 16.6. The molecule has 0 bridgehead atoms. The molecule has 0 unspecified atom stereocenters. The monoisotopic (exact) mass is 829 g/mol. The van der Waals surface area contributed by atoms with Crippen LogP contribution in [0.5, 0.6) is 0 Å². The number of carbonyl (C=O) groups is 3. The van der Waals surface area contributed by atoms with Crippen molar-refractivity contribution in [3.05, 3.63) is 155 Å². The molecule has 4 aromatic carbocycles. The summed E-state index contributed by atoms with van der Waals surface area (Å²) in [7, 11) is 0. The van der Waals surface area contributed by atoms with Crippen LogP contribution in [0.25, 0.3) is 11.1 Å². The highest BCUT2D eigenvalue weighted by molar-refractivity contribution is 5.85. The van der Waals surface area contributed by atoms with Crippen molar-refractivity contribution in [2.24, 2.45) is 22.9 Å². The molecular weight excluding hydrogens is 767 g/mol. The van der Waals surface area contributed by atoms with Crippen molar-refractivity contribution in [3.63, 3.8) is 0 Å². The van der Waals surface area contributed by atoms with Crippen molar-refractivity contribution < 1.29 is 28.6 Å². The first kappa shape index (κ1) is 46.6. The lowest BCUT2D eigenvalue weighted by Crippen LogP contribution is -2.44. The van der Waals surface area contributed by atoms with E-state index in [1.807, 2.05) is 84.9 Å². The molecule has 0 spiro atoms. The fraction of sp³-hybridized carbons (Fsp3) is 0.380. The van der Waals surface area contributed by atoms with E-state index in [9.17, 15) is 14.4 Å². The van der Waals surface area contributed by atoms with Crippen molar-refractivity contribution in [2.45, 2.75) is 102 Å². The van der Waals surface area contributed by atoms with Gasteiger partial charge in [0.2, 0.25) is 6.10 Å². The zero-order valence-corrected chi connectivity index (χ0v) is 35.2. The number of nitrogens with one attached hydrogen (secondary N) is 1. The molecule has 0 heterocycles. The number of rotatable bonds is 23. The van der Waals surface area contributed by atoms with Gasteiger partial charge in [-0.15, -0.1) is 0 Å². The van der Waals surface area contributed by atoms with E-state index < -0.39 is 30.1 Å². The van der Waals surface area contributed by atoms with E-state index in [0.717, 1.165) is 67.2 Å². The molecule has 61 heavy (non-hydrogen) atoms. The number of fused-ring (bicyclic) bond motifs is 2. The second-order valence-corrected chi connectivity index (χ2v) is 15.6. The standard InChI is InChI=1S/C25H33N3O2.C25H30N2O4/c26-15-7-6-11-22(27)17-28-24(25(29)30-18-19-8-2-1-3-9-19)16-21-14-13-20-10-4-5-12-23(20)21;26-15-7-6-12-22(27)24(28)31-23(25(29)30-17-18-8-2-1-3-9-18)16-20-14-13-19-10-4-5-11-21(19)20/h1-5,8-10,12,14,22,24,28H,6-7,11,13,15-18,26-27H2;1-5,8-11,14,22-23H,6-7,12-13,15-17,26-27H2/t22-,24-;22-,23-/m00/s1. The van der Waals surface area contributed by atoms with Crippen LogP contribution in [0.3, 0.4) is 0 Å². The second kappa shape index (κ2) is 25.4. The maximum absolute atomic E-state index is 12.9. The summed E-state index contributed by atoms with van der Waals surface area (Å²) in [4.78, 5) is 38.3. The van der Waals surface area contributed by atoms with Crippen LogP contribution >= 0.6 is 0 Å². The highest BCUT2D eigenvalue weighted by Gasteiger charge is 2.30. The number of benzene rings is 4. The van der Waals surface area contributed by atoms with E-state index >= 15 is 0 Å². The summed E-state index contributed by atoms with van der Waals surface area (Å²) < 4.78 is 16.7. The number of hydrogen-bond acceptors (Lipinski definition) is 11. The second-order valence-electron chi connectivity index (χ2n) is 15.6. The van der Waals surface area contributed by atoms with Gasteiger partial charge in [0.25, 0.3) is 0 Å². The number of carbonyl (C=O) groups excluding carboxylic acids is 3. The van der Waals surface area contributed by atoms with Crippen LogP contribution in [0.2, 0.25) is 0 Å². The molecule has 11 nitrogen and oxygen atoms in total. The predicted molar refractivity (Wildman–Crippen MR) is 241 cm³/mol. The average Bonchev–Trinajstić information content (AvgIpc) is 3.90. The molecule has 2 aliphatic rings. The summed E-state index contributed by atoms with van der Waals surface area (Å²) in [5, 5.41) is 3.37. The zero-order valence-electron chi connectivity index (χ0n) is 35.2. The zero-order chi connectivity index (χ0) is 43.2. The van der Waals surface area contributed by atoms with Crippen molar-refractivity contribution in [1.29, 1.82) is 0 Å². The van der Waals surface area contributed by atoms with E-state index in [1.165, 1.54) is 22.3 Å². The van der Waals surface area contributed by atoms with E-state index in [2.05, 4.69) is 41.7 Å². The van der Waals surface area contributed by atoms with Gasteiger partial charge in [-0.2, -0.15) is 0 Å². The third kappa shape index (κ3) is 15.2. The third-order valence-corrected chi connectivity index (χ3v) is 10.9. The predicted octanol–water partition coefficient (Wildman–Crippen LogP) is 6.30. The quantitative estimate of drug-likeness (QED) is 0.0320. The van der Waals surface area contributed by atoms with Gasteiger partial charge in [-0.25, -0.2) is 4.79 Å². The van der Waals surface area contributed by atoms with Gasteiger partial charge in [0.1, 0.15) is 25.3 Å². The minimum absolute atomic E-state index is 0.00850. The van der Waals surface area contributed by atoms with Crippen LogP contribution in [0.1, 0.15) is 84.7 Å². The van der Waals surface area contributed by atoms with E-state index in [-0.39, 0.29) is 31.6 Å². The molecule has 0 saturated heterocycles. The van der Waals surface area contributed by atoms with Crippen LogP contribution in [0, 0.1) is 0 Å². The van der Waals surface area contributed by atoms with E-state index in [4.69, 9.17) is 37.1 Å². The SMILES string of the molecule is NCCCC[C@H](N)C(=O)O[C@@H](CC1=CCc2ccccc21)C(=O)OCc1ccccc1.NCCCC[C@H](N)CN[C@@H](CC1=CCc2ccccc21)C(=O)OCc1ccccc1. The Hall–Kier alpha value is -5.43. The van der Waals surface area contributed by atoms with Gasteiger partial charge in [0.15, 0.2) is 0 Å². The van der Waals surface area contributed by atoms with Crippen molar-refractivity contribution in [1.82, 2.24) is 5.32 Å². The average molecular weight is 830 g/mol. The van der Waals surface area contributed by atoms with E-state index in [1.54, 1.807) is 0 Å². The van der Waals surface area contributed by atoms with Crippen molar-refractivity contribution >= 4 is 29.1 Å². The molecular formula is C50H63N5O6. The normalized spacial score (nSPS) is 14.5. The summed E-state index contributed by atoms with van der Waals surface area (Å²) in [5.74, 6) is -1.40. The van der Waals surface area contributed by atoms with Gasteiger partial charge in [-0.1, -0.05) is 134 Å². The minimum atomic E-state index is -1.05. The summed E-state index contributed by atoms with van der Waals surface area (Å²) in [6.07, 6.45) is 10.6. The summed E-state index contributed by atoms with van der Waals surface area (Å²) >= 11 is 0. The molecule has 9 N–H and O–H groups in total. The molecule has 2 aliphatic carbocycles. The summed E-state index contributed by atoms with van der Waals surface area (Å²) in [6.45, 7) is 2.19. The Morgan fingerprint density at radius 2 is 1.07 bits per heavy atom. The fourth-order valence-electron chi connectivity index (χ4n) is 7.38. The molecule has 4 aromatic rings. The topological polar surface area (TPSA) is 195 Å². The lowest BCUT2D eigenvalue weighted by Gasteiger charge is -2.21. The van der Waals surface area contributed by atoms with Gasteiger partial charge < -0.3 is 42.5 Å². The molecule has 0 radical (unpaired) electrons. The number of ether oxygens (including phenoxy) is 3. The van der Waals surface area contributed by atoms with Gasteiger partial charge in [-0.3, -0.25) is 9.59 Å². The highest BCUT2D eigenvalue weighted by Crippen LogP contribution is 2.32. The van der Waals surface area contributed by atoms with Crippen molar-refractivity contribution in [3.8, 4) is 0 Å². The number of hydrogen-bond donors (Lipinski definition) is 5. The largest absolute Gasteiger partial charge is 0.460 e. The molecule has 11 heteroatoms. The number of unbranched alkanes of at least 4 members (excludes halogenated alkanes) is 2. The molecule has 0 amide bonds. The molecule has 0 fully saturated rings. The lowest BCUT2D eigenvalue weighted by molar-refractivity contribution is -0.169. The smallest absolute Gasteiger partial charge is 0.348 e. The number of esters is 3. The maximum atomic E-state index is 12.9. The minimum Gasteiger partial charge on any atom is -0.460 e. The third-order valence-electron chi connectivity index (χ3n) is 10.9. The first-order chi connectivity index (χ1) is 29.7. The Morgan fingerprint density at radius 3 is 1.62 bits per heavy atom. The first-order valence-corrected chi connectivity index (χ1v) is 21.6. The molecule has 324 valence electrons. The molecule has 6 rings (SSSR count). The lowest BCUT2D eigenvalue weighted by atomic mass is 9.99. The summed E-state index contributed by atoms with van der Waals surface area (Å²) in [6, 6.07) is 34.3. The molecule has 4 atom stereocenters. The van der Waals surface area contributed by atoms with Crippen LogP contribution in [-0.2, 0) is 54.6 Å². The fourth-order valence-corrected chi connectivity index (χ4v) is 7.38. The van der Waals surface area contributed by atoms with Gasteiger partial charge >= 0.3 is 17.9 Å². The molecule has 0 aromatic heterocycles. The van der Waals surface area contributed by atoms with E-state index in [0.29, 0.717) is 32.5 Å². The first-order valence-electron chi connectivity index (χ1n) is 21.6. The van der Waals surface area contributed by atoms with Crippen LogP contribution in [0.4, 0.5) is 0 Å². The van der Waals surface area contributed by atoms with Gasteiger partial charge in [-0.05, 0) is 103 Å². The van der Waals surface area contributed by atoms with Crippen molar-refractivity contribution in [2.75, 3.05) is 19.6 Å². The Morgan fingerprint density at radius 1 is 0.574 bits per heavy atom. The van der Waals surface area contributed by atoms with Gasteiger partial charge in [0.05, 0.1) is 0 Å². The number of allylic oxidation sites excluding steroid dienone is 2. The van der Waals surface area contributed by atoms with Gasteiger partial charge in [0, 0.05) is 19.0 Å². The van der Waals surface area contributed by atoms with Crippen LogP contribution < -0.4 is 28.3 Å².